The van der Waals surface area contributed by atoms with E-state index in [1.807, 2.05) is 20.8 Å². The molecule has 0 amide bonds. The Morgan fingerprint density at radius 1 is 1.33 bits per heavy atom. The van der Waals surface area contributed by atoms with Crippen molar-refractivity contribution in [1.29, 1.82) is 0 Å². The number of nitrogens with one attached hydrogen (secondary N) is 1. The predicted molar refractivity (Wildman–Crippen MR) is 65.0 cm³/mol. The first-order valence-corrected chi connectivity index (χ1v) is 6.43. The number of carboxylic acid groups (broad SMARTS) is 1. The molecule has 2 aliphatic rings. The van der Waals surface area contributed by atoms with Crippen LogP contribution in [-0.4, -0.2) is 35.7 Å². The van der Waals surface area contributed by atoms with E-state index in [0.717, 1.165) is 0 Å². The van der Waals surface area contributed by atoms with Crippen LogP contribution in [-0.2, 0) is 14.3 Å². The van der Waals surface area contributed by atoms with Crippen molar-refractivity contribution in [2.75, 3.05) is 13.1 Å². The number of hydrogen-bond donors (Lipinski definition) is 2. The van der Waals surface area contributed by atoms with Gasteiger partial charge in [0.1, 0.15) is 5.60 Å². The van der Waals surface area contributed by atoms with Crippen molar-refractivity contribution in [1.82, 2.24) is 5.32 Å². The molecule has 1 aliphatic heterocycles. The summed E-state index contributed by atoms with van der Waals surface area (Å²) < 4.78 is 5.36. The quantitative estimate of drug-likeness (QED) is 0.721. The average Bonchev–Trinajstić information content (AvgIpc) is 2.91. The van der Waals surface area contributed by atoms with Gasteiger partial charge in [0.25, 0.3) is 0 Å². The fourth-order valence-electron chi connectivity index (χ4n) is 2.94. The Kier molecular flexibility index (Phi) is 3.13. The maximum Gasteiger partial charge on any atom is 0.310 e. The number of hydrogen-bond acceptors (Lipinski definition) is 4. The van der Waals surface area contributed by atoms with Gasteiger partial charge in [-0.3, -0.25) is 9.59 Å². The average molecular weight is 255 g/mol. The van der Waals surface area contributed by atoms with Crippen LogP contribution in [0.3, 0.4) is 0 Å². The summed E-state index contributed by atoms with van der Waals surface area (Å²) in [6.45, 7) is 6.79. The molecule has 1 heterocycles. The Labute approximate surface area is 107 Å². The molecule has 5 heteroatoms. The number of esters is 1. The number of ether oxygens (including phenoxy) is 1. The minimum atomic E-state index is -0.789. The molecule has 2 N–H and O–H groups in total. The van der Waals surface area contributed by atoms with Gasteiger partial charge < -0.3 is 15.2 Å². The molecule has 102 valence electrons. The van der Waals surface area contributed by atoms with E-state index in [1.54, 1.807) is 0 Å². The van der Waals surface area contributed by atoms with E-state index in [2.05, 4.69) is 5.32 Å². The lowest BCUT2D eigenvalue weighted by atomic mass is 9.81. The van der Waals surface area contributed by atoms with Crippen LogP contribution < -0.4 is 5.32 Å². The van der Waals surface area contributed by atoms with Gasteiger partial charge in [-0.05, 0) is 40.2 Å². The zero-order chi connectivity index (χ0) is 13.6. The van der Waals surface area contributed by atoms with Crippen molar-refractivity contribution in [3.63, 3.8) is 0 Å². The van der Waals surface area contributed by atoms with Gasteiger partial charge in [0, 0.05) is 12.0 Å². The summed E-state index contributed by atoms with van der Waals surface area (Å²) in [5.41, 5.74) is -0.923. The lowest BCUT2D eigenvalue weighted by Gasteiger charge is -2.30. The Morgan fingerprint density at radius 3 is 2.56 bits per heavy atom. The highest BCUT2D eigenvalue weighted by Crippen LogP contribution is 2.60. The number of carboxylic acids is 1. The third-order valence-electron chi connectivity index (χ3n) is 3.87. The molecule has 18 heavy (non-hydrogen) atoms. The van der Waals surface area contributed by atoms with Gasteiger partial charge in [-0.2, -0.15) is 0 Å². The van der Waals surface area contributed by atoms with Crippen molar-refractivity contribution in [3.8, 4) is 0 Å². The SMILES string of the molecule is CC(C)(C)OC(=O)C1CC12CNCC[C@@H]2C(=O)O. The topological polar surface area (TPSA) is 75.6 Å². The van der Waals surface area contributed by atoms with E-state index in [1.165, 1.54) is 0 Å². The molecule has 0 aromatic heterocycles. The minimum absolute atomic E-state index is 0.252. The van der Waals surface area contributed by atoms with E-state index in [0.29, 0.717) is 25.9 Å². The van der Waals surface area contributed by atoms with Crippen molar-refractivity contribution in [2.24, 2.45) is 17.3 Å². The van der Waals surface area contributed by atoms with Crippen molar-refractivity contribution < 1.29 is 19.4 Å². The van der Waals surface area contributed by atoms with E-state index >= 15 is 0 Å². The van der Waals surface area contributed by atoms with Crippen LogP contribution in [0.25, 0.3) is 0 Å². The van der Waals surface area contributed by atoms with Gasteiger partial charge in [-0.25, -0.2) is 0 Å². The standard InChI is InChI=1S/C13H21NO4/c1-12(2,3)18-11(17)9-6-13(9)7-14-5-4-8(13)10(15)16/h8-9,14H,4-7H2,1-3H3,(H,15,16)/t8-,9?,13?/m1/s1. The molecular weight excluding hydrogens is 234 g/mol. The zero-order valence-electron chi connectivity index (χ0n) is 11.2. The molecule has 0 aromatic carbocycles. The highest BCUT2D eigenvalue weighted by molar-refractivity contribution is 5.81. The first kappa shape index (κ1) is 13.3. The highest BCUT2D eigenvalue weighted by Gasteiger charge is 2.65. The summed E-state index contributed by atoms with van der Waals surface area (Å²) in [5.74, 6) is -1.72. The number of carbonyl (C=O) groups is 2. The summed E-state index contributed by atoms with van der Waals surface area (Å²) in [5, 5.41) is 12.5. The fourth-order valence-corrected chi connectivity index (χ4v) is 2.94. The lowest BCUT2D eigenvalue weighted by molar-refractivity contribution is -0.158. The summed E-state index contributed by atoms with van der Waals surface area (Å²) >= 11 is 0. The van der Waals surface area contributed by atoms with Crippen LogP contribution in [0.15, 0.2) is 0 Å². The summed E-state index contributed by atoms with van der Waals surface area (Å²) in [6.07, 6.45) is 1.22. The van der Waals surface area contributed by atoms with Gasteiger partial charge in [-0.1, -0.05) is 0 Å². The maximum absolute atomic E-state index is 12.0. The van der Waals surface area contributed by atoms with Crippen LogP contribution in [0.1, 0.15) is 33.6 Å². The number of carbonyl (C=O) groups excluding carboxylic acids is 1. The Bertz CT molecular complexity index is 374. The fraction of sp³-hybridized carbons (Fsp3) is 0.846. The summed E-state index contributed by atoms with van der Waals surface area (Å²) in [7, 11) is 0. The van der Waals surface area contributed by atoms with E-state index in [9.17, 15) is 14.7 Å². The van der Waals surface area contributed by atoms with Crippen molar-refractivity contribution in [3.05, 3.63) is 0 Å². The molecule has 2 unspecified atom stereocenters. The van der Waals surface area contributed by atoms with E-state index in [-0.39, 0.29) is 11.9 Å². The number of piperidine rings is 1. The van der Waals surface area contributed by atoms with Crippen LogP contribution in [0, 0.1) is 17.3 Å². The normalized spacial score (nSPS) is 35.3. The molecule has 2 fully saturated rings. The summed E-state index contributed by atoms with van der Waals surface area (Å²) in [4.78, 5) is 23.3. The zero-order valence-corrected chi connectivity index (χ0v) is 11.2. The third-order valence-corrected chi connectivity index (χ3v) is 3.87. The number of aliphatic carboxylic acids is 1. The van der Waals surface area contributed by atoms with E-state index < -0.39 is 22.9 Å². The molecule has 5 nitrogen and oxygen atoms in total. The van der Waals surface area contributed by atoms with Gasteiger partial charge in [0.2, 0.25) is 0 Å². The van der Waals surface area contributed by atoms with E-state index in [4.69, 9.17) is 4.74 Å². The second kappa shape index (κ2) is 4.23. The van der Waals surface area contributed by atoms with Gasteiger partial charge >= 0.3 is 11.9 Å². The number of rotatable bonds is 2. The summed E-state index contributed by atoms with van der Waals surface area (Å²) in [6, 6.07) is 0. The molecule has 2 rings (SSSR count). The molecule has 3 atom stereocenters. The van der Waals surface area contributed by atoms with Gasteiger partial charge in [0.05, 0.1) is 11.8 Å². The molecule has 0 aromatic rings. The first-order valence-electron chi connectivity index (χ1n) is 6.43. The monoisotopic (exact) mass is 255 g/mol. The Morgan fingerprint density at radius 2 is 2.00 bits per heavy atom. The minimum Gasteiger partial charge on any atom is -0.481 e. The van der Waals surface area contributed by atoms with Gasteiger partial charge in [0.15, 0.2) is 0 Å². The molecular formula is C13H21NO4. The second-order valence-electron chi connectivity index (χ2n) is 6.38. The van der Waals surface area contributed by atoms with Crippen LogP contribution >= 0.6 is 0 Å². The molecule has 0 bridgehead atoms. The van der Waals surface area contributed by atoms with Crippen molar-refractivity contribution in [2.45, 2.75) is 39.2 Å². The Balaban J connectivity index is 2.06. The largest absolute Gasteiger partial charge is 0.481 e. The molecule has 0 radical (unpaired) electrons. The lowest BCUT2D eigenvalue weighted by Crippen LogP contribution is -2.44. The Hall–Kier alpha value is -1.10. The second-order valence-corrected chi connectivity index (χ2v) is 6.38. The third kappa shape index (κ3) is 2.36. The molecule has 1 aliphatic carbocycles. The predicted octanol–water partition coefficient (Wildman–Crippen LogP) is 1.03. The maximum atomic E-state index is 12.0. The van der Waals surface area contributed by atoms with Crippen LogP contribution in [0.2, 0.25) is 0 Å². The molecule has 1 spiro atoms. The van der Waals surface area contributed by atoms with Crippen LogP contribution in [0.4, 0.5) is 0 Å². The highest BCUT2D eigenvalue weighted by atomic mass is 16.6. The van der Waals surface area contributed by atoms with Gasteiger partial charge in [-0.15, -0.1) is 0 Å². The smallest absolute Gasteiger partial charge is 0.310 e. The van der Waals surface area contributed by atoms with Crippen molar-refractivity contribution >= 4 is 11.9 Å². The molecule has 1 saturated carbocycles. The first-order chi connectivity index (χ1) is 8.26. The molecule has 1 saturated heterocycles. The van der Waals surface area contributed by atoms with Crippen LogP contribution in [0.5, 0.6) is 0 Å².